The molecule has 0 radical (unpaired) electrons. The van der Waals surface area contributed by atoms with Crippen LogP contribution in [0.15, 0.2) is 34.9 Å². The van der Waals surface area contributed by atoms with E-state index in [1.807, 2.05) is 6.07 Å². The van der Waals surface area contributed by atoms with Crippen molar-refractivity contribution in [2.24, 2.45) is 11.7 Å². The predicted octanol–water partition coefficient (Wildman–Crippen LogP) is 1.30. The molecule has 0 bridgehead atoms. The Bertz CT molecular complexity index is 803. The fourth-order valence-corrected chi connectivity index (χ4v) is 3.57. The number of hydrogen-bond donors (Lipinski definition) is 2. The van der Waals surface area contributed by atoms with Crippen molar-refractivity contribution in [3.05, 3.63) is 45.5 Å². The number of nitrogens with zero attached hydrogens (tertiary/aromatic N) is 1. The number of allylic oxidation sites excluding steroid dienone is 1. The lowest BCUT2D eigenvalue weighted by molar-refractivity contribution is -0.150. The zero-order valence-electron chi connectivity index (χ0n) is 13.1. The van der Waals surface area contributed by atoms with E-state index in [0.29, 0.717) is 10.6 Å². The van der Waals surface area contributed by atoms with Crippen LogP contribution in [0, 0.1) is 17.2 Å². The molecular formula is C16H14ClN3O4S. The van der Waals surface area contributed by atoms with Crippen molar-refractivity contribution in [3.8, 4) is 6.07 Å². The first-order chi connectivity index (χ1) is 11.9. The highest BCUT2D eigenvalue weighted by molar-refractivity contribution is 8.03. The Labute approximate surface area is 153 Å². The van der Waals surface area contributed by atoms with Crippen LogP contribution in [0.3, 0.4) is 0 Å². The van der Waals surface area contributed by atoms with Gasteiger partial charge in [0.25, 0.3) is 0 Å². The molecule has 3 N–H and O–H groups in total. The van der Waals surface area contributed by atoms with Crippen LogP contribution < -0.4 is 11.1 Å². The average Bonchev–Trinajstić information content (AvgIpc) is 2.59. The molecule has 0 aliphatic carbocycles. The van der Waals surface area contributed by atoms with E-state index in [1.165, 1.54) is 0 Å². The summed E-state index contributed by atoms with van der Waals surface area (Å²) in [5, 5.41) is 12.6. The number of amides is 2. The van der Waals surface area contributed by atoms with Gasteiger partial charge in [-0.2, -0.15) is 5.26 Å². The molecule has 1 aromatic carbocycles. The number of nitrogens with one attached hydrogen (secondary N) is 1. The van der Waals surface area contributed by atoms with E-state index >= 15 is 0 Å². The van der Waals surface area contributed by atoms with Crippen LogP contribution in [-0.4, -0.2) is 30.6 Å². The van der Waals surface area contributed by atoms with E-state index in [1.54, 1.807) is 24.3 Å². The second-order valence-corrected chi connectivity index (χ2v) is 6.49. The number of halogens is 1. The van der Waals surface area contributed by atoms with E-state index in [9.17, 15) is 19.6 Å². The first-order valence-electron chi connectivity index (χ1n) is 7.09. The van der Waals surface area contributed by atoms with Gasteiger partial charge in [0.2, 0.25) is 11.8 Å². The molecule has 2 atom stereocenters. The Balaban J connectivity index is 2.62. The van der Waals surface area contributed by atoms with Gasteiger partial charge in [-0.15, -0.1) is 0 Å². The van der Waals surface area contributed by atoms with E-state index in [0.717, 1.165) is 18.9 Å². The lowest BCUT2D eigenvalue weighted by Crippen LogP contribution is -2.44. The van der Waals surface area contributed by atoms with Crippen molar-refractivity contribution in [2.45, 2.75) is 5.92 Å². The van der Waals surface area contributed by atoms with Gasteiger partial charge in [0.1, 0.15) is 5.92 Å². The van der Waals surface area contributed by atoms with Gasteiger partial charge in [0.05, 0.1) is 29.5 Å². The van der Waals surface area contributed by atoms with Crippen molar-refractivity contribution in [1.82, 2.24) is 5.32 Å². The third kappa shape index (κ3) is 3.95. The minimum absolute atomic E-state index is 0.120. The normalized spacial score (nSPS) is 19.8. The maximum atomic E-state index is 12.5. The average molecular weight is 380 g/mol. The van der Waals surface area contributed by atoms with Gasteiger partial charge in [-0.3, -0.25) is 14.4 Å². The summed E-state index contributed by atoms with van der Waals surface area (Å²) in [5.74, 6) is -4.34. The van der Waals surface area contributed by atoms with Gasteiger partial charge in [0, 0.05) is 10.9 Å². The van der Waals surface area contributed by atoms with Gasteiger partial charge >= 0.3 is 5.97 Å². The lowest BCUT2D eigenvalue weighted by atomic mass is 9.78. The van der Waals surface area contributed by atoms with E-state index in [2.05, 4.69) is 5.32 Å². The summed E-state index contributed by atoms with van der Waals surface area (Å²) < 4.78 is 4.72. The molecular weight excluding hydrogens is 366 g/mol. The maximum absolute atomic E-state index is 12.5. The molecule has 1 heterocycles. The number of ether oxygens (including phenoxy) is 1. The minimum atomic E-state index is -1.27. The number of thioether (sulfide) groups is 1. The Morgan fingerprint density at radius 2 is 2.12 bits per heavy atom. The molecule has 130 valence electrons. The van der Waals surface area contributed by atoms with Gasteiger partial charge in [-0.05, 0) is 11.6 Å². The summed E-state index contributed by atoms with van der Waals surface area (Å²) in [6.07, 6.45) is 0. The van der Waals surface area contributed by atoms with Gasteiger partial charge in [-0.25, -0.2) is 0 Å². The van der Waals surface area contributed by atoms with Crippen LogP contribution in [0.2, 0.25) is 5.02 Å². The van der Waals surface area contributed by atoms with Gasteiger partial charge in [0.15, 0.2) is 0 Å². The molecule has 0 fully saturated rings. The number of carbonyl (C=O) groups excluding carboxylic acids is 3. The van der Waals surface area contributed by atoms with Crippen molar-refractivity contribution in [3.63, 3.8) is 0 Å². The monoisotopic (exact) mass is 379 g/mol. The predicted molar refractivity (Wildman–Crippen MR) is 92.1 cm³/mol. The van der Waals surface area contributed by atoms with Crippen molar-refractivity contribution >= 4 is 41.1 Å². The van der Waals surface area contributed by atoms with Crippen molar-refractivity contribution in [2.75, 3.05) is 12.9 Å². The van der Waals surface area contributed by atoms with Gasteiger partial charge in [-0.1, -0.05) is 41.6 Å². The first-order valence-corrected chi connectivity index (χ1v) is 8.45. The lowest BCUT2D eigenvalue weighted by Gasteiger charge is -2.31. The topological polar surface area (TPSA) is 122 Å². The molecule has 0 saturated carbocycles. The Kier molecular flexibility index (Phi) is 6.07. The number of carbonyl (C=O) groups is 3. The standard InChI is InChI=1S/C16H14ClN3O4S/c1-24-16(23)13-12(8-4-2-3-5-10(8)17)9(6-18)15(20-14(13)22)25-7-11(19)21/h2-5,12-13H,7H2,1H3,(H2,19,21)(H,20,22)/t12-,13-/m1/s1. The molecule has 7 nitrogen and oxygen atoms in total. The molecule has 0 aromatic heterocycles. The molecule has 25 heavy (non-hydrogen) atoms. The van der Waals surface area contributed by atoms with E-state index in [-0.39, 0.29) is 16.4 Å². The number of methoxy groups -OCH3 is 1. The highest BCUT2D eigenvalue weighted by Crippen LogP contribution is 2.42. The summed E-state index contributed by atoms with van der Waals surface area (Å²) in [6.45, 7) is 0. The van der Waals surface area contributed by atoms with Crippen LogP contribution in [0.4, 0.5) is 0 Å². The molecule has 1 aliphatic heterocycles. The summed E-state index contributed by atoms with van der Waals surface area (Å²) >= 11 is 7.14. The summed E-state index contributed by atoms with van der Waals surface area (Å²) in [5.41, 5.74) is 5.69. The molecule has 2 amide bonds. The second kappa shape index (κ2) is 8.05. The molecule has 1 aromatic rings. The van der Waals surface area contributed by atoms with Crippen molar-refractivity contribution < 1.29 is 19.1 Å². The number of esters is 1. The summed E-state index contributed by atoms with van der Waals surface area (Å²) in [7, 11) is 1.16. The number of nitriles is 1. The van der Waals surface area contributed by atoms with Crippen LogP contribution in [0.1, 0.15) is 11.5 Å². The summed E-state index contributed by atoms with van der Waals surface area (Å²) in [6, 6.07) is 8.63. The smallest absolute Gasteiger partial charge is 0.319 e. The molecule has 2 rings (SSSR count). The second-order valence-electron chi connectivity index (χ2n) is 5.10. The maximum Gasteiger partial charge on any atom is 0.319 e. The SMILES string of the molecule is COC(=O)[C@H]1C(=O)NC(SCC(N)=O)=C(C#N)[C@H]1c1ccccc1Cl. The first kappa shape index (κ1) is 18.8. The van der Waals surface area contributed by atoms with Crippen molar-refractivity contribution in [1.29, 1.82) is 5.26 Å². The quantitative estimate of drug-likeness (QED) is 0.587. The third-order valence-electron chi connectivity index (χ3n) is 3.58. The highest BCUT2D eigenvalue weighted by Gasteiger charge is 2.45. The highest BCUT2D eigenvalue weighted by atomic mass is 35.5. The summed E-state index contributed by atoms with van der Waals surface area (Å²) in [4.78, 5) is 35.7. The Morgan fingerprint density at radius 3 is 2.68 bits per heavy atom. The molecule has 1 aliphatic rings. The molecule has 9 heteroatoms. The minimum Gasteiger partial charge on any atom is -0.468 e. The number of rotatable bonds is 5. The number of nitrogens with two attached hydrogens (primary N) is 1. The van der Waals surface area contributed by atoms with E-state index < -0.39 is 29.6 Å². The zero-order chi connectivity index (χ0) is 18.6. The largest absolute Gasteiger partial charge is 0.468 e. The molecule has 0 unspecified atom stereocenters. The fraction of sp³-hybridized carbons (Fsp3) is 0.250. The molecule has 0 spiro atoms. The molecule has 0 saturated heterocycles. The third-order valence-corrected chi connectivity index (χ3v) is 4.97. The van der Waals surface area contributed by atoms with Gasteiger partial charge < -0.3 is 15.8 Å². The fourth-order valence-electron chi connectivity index (χ4n) is 2.53. The number of primary amides is 1. The Hall–Kier alpha value is -2.50. The number of benzene rings is 1. The Morgan fingerprint density at radius 1 is 1.44 bits per heavy atom. The van der Waals surface area contributed by atoms with E-state index in [4.69, 9.17) is 22.1 Å². The van der Waals surface area contributed by atoms with Crippen LogP contribution in [0.5, 0.6) is 0 Å². The zero-order valence-corrected chi connectivity index (χ0v) is 14.7. The van der Waals surface area contributed by atoms with Crippen LogP contribution in [-0.2, 0) is 19.1 Å². The number of hydrogen-bond acceptors (Lipinski definition) is 6. The van der Waals surface area contributed by atoms with Crippen LogP contribution >= 0.6 is 23.4 Å². The van der Waals surface area contributed by atoms with Crippen LogP contribution in [0.25, 0.3) is 0 Å².